The summed E-state index contributed by atoms with van der Waals surface area (Å²) in [6, 6.07) is 5.23. The summed E-state index contributed by atoms with van der Waals surface area (Å²) in [5, 5.41) is 3.05. The molecule has 0 aromatic heterocycles. The Kier molecular flexibility index (Phi) is 9.90. The number of nitrogens with two attached hydrogens (primary N) is 1. The van der Waals surface area contributed by atoms with Crippen molar-refractivity contribution in [3.05, 3.63) is 23.8 Å². The molecule has 0 heterocycles. The number of ether oxygens (including phenoxy) is 2. The van der Waals surface area contributed by atoms with E-state index in [1.807, 2.05) is 6.92 Å². The number of carbonyl (C=O) groups excluding carboxylic acids is 1. The van der Waals surface area contributed by atoms with Crippen LogP contribution in [0.4, 0.5) is 0 Å². The van der Waals surface area contributed by atoms with Crippen molar-refractivity contribution in [2.75, 3.05) is 20.3 Å². The minimum Gasteiger partial charge on any atom is -0.493 e. The van der Waals surface area contributed by atoms with E-state index in [0.717, 1.165) is 6.42 Å². The molecular weight excluding hydrogens is 340 g/mol. The minimum absolute atomic E-state index is 0. The third-order valence-electron chi connectivity index (χ3n) is 3.72. The van der Waals surface area contributed by atoms with Crippen LogP contribution >= 0.6 is 12.4 Å². The lowest BCUT2D eigenvalue weighted by molar-refractivity contribution is 0.0898. The standard InChI is InChI=1S/C19H32N2O3.ClH/c1-13(2)10-19(5,12-20)21-18(22)15-7-8-16(17(9-15)23-6)24-11-14(3)4;/h7-9,13-14H,10-12,20H2,1-6H3,(H,21,22);1H. The number of hydrogen-bond acceptors (Lipinski definition) is 4. The van der Waals surface area contributed by atoms with Crippen LogP contribution in [0.2, 0.25) is 0 Å². The molecule has 0 aliphatic rings. The summed E-state index contributed by atoms with van der Waals surface area (Å²) in [5.41, 5.74) is 5.98. The van der Waals surface area contributed by atoms with Gasteiger partial charge in [0, 0.05) is 17.6 Å². The Balaban J connectivity index is 0.00000576. The second kappa shape index (κ2) is 10.5. The van der Waals surface area contributed by atoms with Crippen LogP contribution in [0.1, 0.15) is 51.4 Å². The molecule has 3 N–H and O–H groups in total. The first-order valence-electron chi connectivity index (χ1n) is 8.54. The lowest BCUT2D eigenvalue weighted by Crippen LogP contribution is -2.52. The van der Waals surface area contributed by atoms with Crippen molar-refractivity contribution in [2.45, 2.75) is 46.6 Å². The number of nitrogens with one attached hydrogen (secondary N) is 1. The van der Waals surface area contributed by atoms with E-state index in [9.17, 15) is 4.79 Å². The molecule has 5 nitrogen and oxygen atoms in total. The van der Waals surface area contributed by atoms with E-state index in [1.165, 1.54) is 0 Å². The highest BCUT2D eigenvalue weighted by molar-refractivity contribution is 5.95. The minimum atomic E-state index is -0.425. The van der Waals surface area contributed by atoms with Crippen molar-refractivity contribution < 1.29 is 14.3 Å². The lowest BCUT2D eigenvalue weighted by atomic mass is 9.90. The zero-order chi connectivity index (χ0) is 18.3. The van der Waals surface area contributed by atoms with Crippen molar-refractivity contribution in [3.63, 3.8) is 0 Å². The molecule has 0 bridgehead atoms. The second-order valence-electron chi connectivity index (χ2n) is 7.39. The van der Waals surface area contributed by atoms with Crippen LogP contribution in [0.3, 0.4) is 0 Å². The molecule has 25 heavy (non-hydrogen) atoms. The number of rotatable bonds is 9. The first kappa shape index (κ1) is 23.5. The van der Waals surface area contributed by atoms with E-state index >= 15 is 0 Å². The van der Waals surface area contributed by atoms with Gasteiger partial charge in [-0.3, -0.25) is 4.79 Å². The predicted molar refractivity (Wildman–Crippen MR) is 105 cm³/mol. The van der Waals surface area contributed by atoms with Gasteiger partial charge in [-0.05, 0) is 43.4 Å². The van der Waals surface area contributed by atoms with Gasteiger partial charge in [0.1, 0.15) is 0 Å². The SMILES string of the molecule is COc1cc(C(=O)NC(C)(CN)CC(C)C)ccc1OCC(C)C.Cl. The number of amides is 1. The fourth-order valence-corrected chi connectivity index (χ4v) is 2.62. The van der Waals surface area contributed by atoms with Gasteiger partial charge in [0.05, 0.1) is 13.7 Å². The van der Waals surface area contributed by atoms with Crippen molar-refractivity contribution in [2.24, 2.45) is 17.6 Å². The molecule has 0 saturated carbocycles. The molecule has 1 rings (SSSR count). The number of benzene rings is 1. The van der Waals surface area contributed by atoms with Gasteiger partial charge in [0.2, 0.25) is 0 Å². The molecule has 1 atom stereocenters. The topological polar surface area (TPSA) is 73.6 Å². The van der Waals surface area contributed by atoms with Crippen molar-refractivity contribution in [3.8, 4) is 11.5 Å². The Hall–Kier alpha value is -1.46. The molecular formula is C19H33ClN2O3. The molecule has 1 aromatic carbocycles. The summed E-state index contributed by atoms with van der Waals surface area (Å²) in [5.74, 6) is 1.91. The highest BCUT2D eigenvalue weighted by atomic mass is 35.5. The predicted octanol–water partition coefficient (Wildman–Crippen LogP) is 3.65. The lowest BCUT2D eigenvalue weighted by Gasteiger charge is -2.31. The van der Waals surface area contributed by atoms with Crippen LogP contribution in [0.15, 0.2) is 18.2 Å². The third-order valence-corrected chi connectivity index (χ3v) is 3.72. The first-order chi connectivity index (χ1) is 11.2. The largest absolute Gasteiger partial charge is 0.493 e. The van der Waals surface area contributed by atoms with E-state index in [0.29, 0.717) is 42.0 Å². The maximum Gasteiger partial charge on any atom is 0.251 e. The van der Waals surface area contributed by atoms with Crippen LogP contribution in [-0.2, 0) is 0 Å². The van der Waals surface area contributed by atoms with Gasteiger partial charge in [-0.1, -0.05) is 27.7 Å². The van der Waals surface area contributed by atoms with E-state index < -0.39 is 5.54 Å². The fourth-order valence-electron chi connectivity index (χ4n) is 2.62. The monoisotopic (exact) mass is 372 g/mol. The maximum atomic E-state index is 12.6. The summed E-state index contributed by atoms with van der Waals surface area (Å²) in [4.78, 5) is 12.6. The number of carbonyl (C=O) groups is 1. The molecule has 0 radical (unpaired) electrons. The summed E-state index contributed by atoms with van der Waals surface area (Å²) in [7, 11) is 1.57. The summed E-state index contributed by atoms with van der Waals surface area (Å²) in [6.45, 7) is 11.4. The number of hydrogen-bond donors (Lipinski definition) is 2. The van der Waals surface area contributed by atoms with Crippen LogP contribution < -0.4 is 20.5 Å². The van der Waals surface area contributed by atoms with Gasteiger partial charge in [-0.2, -0.15) is 0 Å². The van der Waals surface area contributed by atoms with E-state index in [4.69, 9.17) is 15.2 Å². The number of methoxy groups -OCH3 is 1. The Morgan fingerprint density at radius 2 is 1.84 bits per heavy atom. The Labute approximate surface area is 158 Å². The molecule has 0 aliphatic carbocycles. The molecule has 144 valence electrons. The average Bonchev–Trinajstić information content (AvgIpc) is 2.51. The van der Waals surface area contributed by atoms with Gasteiger partial charge in [0.25, 0.3) is 5.91 Å². The first-order valence-corrected chi connectivity index (χ1v) is 8.54. The van der Waals surface area contributed by atoms with E-state index in [1.54, 1.807) is 25.3 Å². The molecule has 1 unspecified atom stereocenters. The van der Waals surface area contributed by atoms with Crippen molar-refractivity contribution in [1.29, 1.82) is 0 Å². The fraction of sp³-hybridized carbons (Fsp3) is 0.632. The molecule has 6 heteroatoms. The third kappa shape index (κ3) is 7.53. The average molecular weight is 373 g/mol. The Bertz CT molecular complexity index is 549. The molecule has 1 amide bonds. The number of halogens is 1. The van der Waals surface area contributed by atoms with Gasteiger partial charge in [-0.15, -0.1) is 12.4 Å². The van der Waals surface area contributed by atoms with Gasteiger partial charge in [0.15, 0.2) is 11.5 Å². The highest BCUT2D eigenvalue weighted by Crippen LogP contribution is 2.29. The van der Waals surface area contributed by atoms with Crippen molar-refractivity contribution in [1.82, 2.24) is 5.32 Å². The normalized spacial score (nSPS) is 13.2. The van der Waals surface area contributed by atoms with Crippen molar-refractivity contribution >= 4 is 18.3 Å². The highest BCUT2D eigenvalue weighted by Gasteiger charge is 2.26. The zero-order valence-electron chi connectivity index (χ0n) is 16.2. The smallest absolute Gasteiger partial charge is 0.251 e. The molecule has 0 spiro atoms. The summed E-state index contributed by atoms with van der Waals surface area (Å²) in [6.07, 6.45) is 0.821. The quantitative estimate of drug-likeness (QED) is 0.694. The van der Waals surface area contributed by atoms with E-state index in [-0.39, 0.29) is 18.3 Å². The summed E-state index contributed by atoms with van der Waals surface area (Å²) >= 11 is 0. The van der Waals surface area contributed by atoms with Gasteiger partial charge >= 0.3 is 0 Å². The second-order valence-corrected chi connectivity index (χ2v) is 7.39. The Morgan fingerprint density at radius 1 is 1.20 bits per heavy atom. The summed E-state index contributed by atoms with van der Waals surface area (Å²) < 4.78 is 11.1. The van der Waals surface area contributed by atoms with Crippen LogP contribution in [0.25, 0.3) is 0 Å². The van der Waals surface area contributed by atoms with Gasteiger partial charge in [-0.25, -0.2) is 0 Å². The maximum absolute atomic E-state index is 12.6. The van der Waals surface area contributed by atoms with Crippen LogP contribution in [-0.4, -0.2) is 31.7 Å². The van der Waals surface area contributed by atoms with Crippen LogP contribution in [0.5, 0.6) is 11.5 Å². The van der Waals surface area contributed by atoms with Crippen LogP contribution in [0, 0.1) is 11.8 Å². The zero-order valence-corrected chi connectivity index (χ0v) is 17.0. The molecule has 1 aromatic rings. The molecule has 0 saturated heterocycles. The van der Waals surface area contributed by atoms with E-state index in [2.05, 4.69) is 33.0 Å². The van der Waals surface area contributed by atoms with Gasteiger partial charge < -0.3 is 20.5 Å². The molecule has 0 aliphatic heterocycles. The molecule has 0 fully saturated rings. The Morgan fingerprint density at radius 3 is 2.32 bits per heavy atom.